The molecule has 17 heteroatoms. The smallest absolute Gasteiger partial charge is 0.416 e. The van der Waals surface area contributed by atoms with Crippen molar-refractivity contribution in [1.82, 2.24) is 15.0 Å². The van der Waals surface area contributed by atoms with E-state index < -0.39 is 48.2 Å². The number of pyridine rings is 1. The van der Waals surface area contributed by atoms with Crippen molar-refractivity contribution in [3.8, 4) is 5.88 Å². The number of aromatic nitrogens is 3. The van der Waals surface area contributed by atoms with Gasteiger partial charge < -0.3 is 24.0 Å². The van der Waals surface area contributed by atoms with E-state index in [1.165, 1.54) is 42.5 Å². The van der Waals surface area contributed by atoms with Crippen molar-refractivity contribution in [2.24, 2.45) is 0 Å². The Morgan fingerprint density at radius 1 is 0.980 bits per heavy atom. The highest BCUT2D eigenvalue weighted by molar-refractivity contribution is 5.90. The molecule has 11 nitrogen and oxygen atoms in total. The van der Waals surface area contributed by atoms with Crippen LogP contribution in [-0.4, -0.2) is 67.5 Å². The van der Waals surface area contributed by atoms with Crippen LogP contribution in [0.3, 0.4) is 0 Å². The van der Waals surface area contributed by atoms with Crippen LogP contribution in [0.15, 0.2) is 42.7 Å². The van der Waals surface area contributed by atoms with Gasteiger partial charge in [-0.05, 0) is 56.0 Å². The van der Waals surface area contributed by atoms with Gasteiger partial charge in [0, 0.05) is 38.7 Å². The summed E-state index contributed by atoms with van der Waals surface area (Å²) in [5, 5.41) is 0. The van der Waals surface area contributed by atoms with Crippen molar-refractivity contribution in [3.63, 3.8) is 0 Å². The monoisotopic (exact) mass is 712 g/mol. The lowest BCUT2D eigenvalue weighted by molar-refractivity contribution is -0.143. The first-order chi connectivity index (χ1) is 23.6. The van der Waals surface area contributed by atoms with E-state index in [2.05, 4.69) is 19.7 Å². The van der Waals surface area contributed by atoms with Gasteiger partial charge in [0.2, 0.25) is 11.8 Å². The van der Waals surface area contributed by atoms with Crippen LogP contribution in [0, 0.1) is 0 Å². The molecule has 3 aromatic rings. The number of nitrogens with zero attached hydrogens (tertiary/aromatic N) is 6. The zero-order chi connectivity index (χ0) is 36.8. The van der Waals surface area contributed by atoms with E-state index in [0.717, 1.165) is 0 Å². The maximum Gasteiger partial charge on any atom is 0.416 e. The summed E-state index contributed by atoms with van der Waals surface area (Å²) < 4.78 is 98.6. The Balaban J connectivity index is 1.85. The Bertz CT molecular complexity index is 1610. The van der Waals surface area contributed by atoms with Crippen molar-refractivity contribution in [2.75, 3.05) is 49.1 Å². The van der Waals surface area contributed by atoms with Gasteiger partial charge in [0.25, 0.3) is 0 Å². The van der Waals surface area contributed by atoms with Gasteiger partial charge in [0.15, 0.2) is 0 Å². The minimum absolute atomic E-state index is 0.0114. The summed E-state index contributed by atoms with van der Waals surface area (Å²) in [5.74, 6) is -0.216. The van der Waals surface area contributed by atoms with Crippen LogP contribution in [0.2, 0.25) is 0 Å². The second kappa shape index (κ2) is 15.8. The quantitative estimate of drug-likeness (QED) is 0.141. The molecule has 3 heterocycles. The van der Waals surface area contributed by atoms with Gasteiger partial charge in [-0.1, -0.05) is 6.92 Å². The van der Waals surface area contributed by atoms with Crippen molar-refractivity contribution in [2.45, 2.75) is 70.5 Å². The average Bonchev–Trinajstić information content (AvgIpc) is 3.08. The molecule has 2 aromatic heterocycles. The number of benzene rings is 1. The number of carbonyl (C=O) groups is 2. The van der Waals surface area contributed by atoms with Gasteiger partial charge in [0.05, 0.1) is 67.5 Å². The van der Waals surface area contributed by atoms with E-state index in [1.807, 2.05) is 6.92 Å². The Morgan fingerprint density at radius 2 is 1.62 bits per heavy atom. The molecule has 0 saturated heterocycles. The van der Waals surface area contributed by atoms with Crippen LogP contribution in [0.1, 0.15) is 68.0 Å². The highest BCUT2D eigenvalue weighted by Crippen LogP contribution is 2.44. The fourth-order valence-electron chi connectivity index (χ4n) is 5.73. The number of alkyl halides is 6. The van der Waals surface area contributed by atoms with E-state index in [1.54, 1.807) is 24.9 Å². The first kappa shape index (κ1) is 38.0. The van der Waals surface area contributed by atoms with Crippen LogP contribution in [0.4, 0.5) is 48.5 Å². The molecule has 0 radical (unpaired) electrons. The fourth-order valence-corrected chi connectivity index (χ4v) is 5.73. The Labute approximate surface area is 285 Å². The predicted molar refractivity (Wildman–Crippen MR) is 171 cm³/mol. The summed E-state index contributed by atoms with van der Waals surface area (Å²) in [7, 11) is 4.42. The Hall–Kier alpha value is -4.83. The molecule has 272 valence electrons. The minimum Gasteiger partial charge on any atom is -0.481 e. The number of fused-ring (bicyclic) bond motifs is 1. The third-order valence-electron chi connectivity index (χ3n) is 8.26. The fraction of sp³-hybridized carbons (Fsp3) is 0.485. The largest absolute Gasteiger partial charge is 0.481 e. The standard InChI is InChI=1S/C33H38F6N6O5/c1-6-23-16-26(29-25(10-11-27(42-29)48-4)45(23)31(47)50-7-2)44(19-20-13-21(32(34,35)36)15-22(14-20)33(37,38)39)30-40-17-24(18-41-30)43(3)12-8-9-28(46)49-5/h10-11,13-15,17-18,23,26H,6-9,12,16,19H2,1-5H3/t23-,26+/m1/s1. The molecule has 0 unspecified atom stereocenters. The van der Waals surface area contributed by atoms with E-state index in [4.69, 9.17) is 9.47 Å². The Morgan fingerprint density at radius 3 is 2.16 bits per heavy atom. The van der Waals surface area contributed by atoms with Crippen molar-refractivity contribution < 1.29 is 50.1 Å². The van der Waals surface area contributed by atoms with Crippen LogP contribution in [0.5, 0.6) is 5.88 Å². The molecule has 0 bridgehead atoms. The van der Waals surface area contributed by atoms with Crippen LogP contribution < -0.4 is 19.4 Å². The van der Waals surface area contributed by atoms with Crippen molar-refractivity contribution >= 4 is 29.4 Å². The first-order valence-corrected chi connectivity index (χ1v) is 15.8. The lowest BCUT2D eigenvalue weighted by Crippen LogP contribution is -2.48. The molecule has 1 aliphatic heterocycles. The number of halogens is 6. The van der Waals surface area contributed by atoms with E-state index >= 15 is 0 Å². The molecular formula is C33H38F6N6O5. The van der Waals surface area contributed by atoms with Crippen LogP contribution >= 0.6 is 0 Å². The number of hydrogen-bond donors (Lipinski definition) is 0. The lowest BCUT2D eigenvalue weighted by atomic mass is 9.92. The predicted octanol–water partition coefficient (Wildman–Crippen LogP) is 7.20. The topological polar surface area (TPSA) is 110 Å². The number of ether oxygens (including phenoxy) is 3. The number of carbonyl (C=O) groups excluding carboxylic acids is 2. The van der Waals surface area contributed by atoms with E-state index in [0.29, 0.717) is 42.9 Å². The molecule has 4 rings (SSSR count). The van der Waals surface area contributed by atoms with E-state index in [-0.39, 0.29) is 54.6 Å². The van der Waals surface area contributed by atoms with Crippen LogP contribution in [0.25, 0.3) is 0 Å². The summed E-state index contributed by atoms with van der Waals surface area (Å²) in [6.07, 6.45) is -6.61. The summed E-state index contributed by atoms with van der Waals surface area (Å²) in [6.45, 7) is 3.54. The van der Waals surface area contributed by atoms with Crippen molar-refractivity contribution in [3.05, 3.63) is 65.1 Å². The van der Waals surface area contributed by atoms with Gasteiger partial charge in [-0.25, -0.2) is 19.7 Å². The number of rotatable bonds is 12. The molecule has 2 atom stereocenters. The molecule has 1 aromatic carbocycles. The molecule has 50 heavy (non-hydrogen) atoms. The minimum atomic E-state index is -5.06. The summed E-state index contributed by atoms with van der Waals surface area (Å²) in [6, 6.07) is 3.19. The highest BCUT2D eigenvalue weighted by Gasteiger charge is 2.42. The molecule has 1 aliphatic rings. The molecule has 0 saturated carbocycles. The molecule has 0 spiro atoms. The Kier molecular flexibility index (Phi) is 12.0. The zero-order valence-corrected chi connectivity index (χ0v) is 28.1. The maximum absolute atomic E-state index is 13.9. The van der Waals surface area contributed by atoms with Gasteiger partial charge in [-0.2, -0.15) is 26.3 Å². The van der Waals surface area contributed by atoms with Gasteiger partial charge in [-0.15, -0.1) is 0 Å². The van der Waals surface area contributed by atoms with Gasteiger partial charge >= 0.3 is 24.4 Å². The average molecular weight is 713 g/mol. The molecule has 1 amide bonds. The molecular weight excluding hydrogens is 674 g/mol. The molecule has 0 N–H and O–H groups in total. The first-order valence-electron chi connectivity index (χ1n) is 15.8. The SMILES string of the molecule is CCOC(=O)N1c2ccc(OC)nc2[C@@H](N(Cc2cc(C(F)(F)F)cc(C(F)(F)F)c2)c2ncc(N(C)CCCC(=O)OC)cn2)C[C@H]1CC. The number of amides is 1. The second-order valence-corrected chi connectivity index (χ2v) is 11.5. The lowest BCUT2D eigenvalue weighted by Gasteiger charge is -2.43. The van der Waals surface area contributed by atoms with Crippen LogP contribution in [-0.2, 0) is 33.2 Å². The summed E-state index contributed by atoms with van der Waals surface area (Å²) >= 11 is 0. The summed E-state index contributed by atoms with van der Waals surface area (Å²) in [4.78, 5) is 43.0. The third kappa shape index (κ3) is 8.84. The van der Waals surface area contributed by atoms with Crippen molar-refractivity contribution in [1.29, 1.82) is 0 Å². The zero-order valence-electron chi connectivity index (χ0n) is 28.1. The molecule has 0 aliphatic carbocycles. The van der Waals surface area contributed by atoms with E-state index in [9.17, 15) is 35.9 Å². The molecule has 0 fully saturated rings. The number of esters is 1. The maximum atomic E-state index is 13.9. The third-order valence-corrected chi connectivity index (χ3v) is 8.26. The highest BCUT2D eigenvalue weighted by atomic mass is 19.4. The normalized spacial score (nSPS) is 16.0. The van der Waals surface area contributed by atoms with Gasteiger partial charge in [-0.3, -0.25) is 9.69 Å². The number of methoxy groups -OCH3 is 2. The summed E-state index contributed by atoms with van der Waals surface area (Å²) in [5.41, 5.74) is -2.09. The number of hydrogen-bond acceptors (Lipinski definition) is 10. The number of anilines is 3. The second-order valence-electron chi connectivity index (χ2n) is 11.5. The van der Waals surface area contributed by atoms with Gasteiger partial charge in [0.1, 0.15) is 0 Å².